The van der Waals surface area contributed by atoms with Crippen LogP contribution < -0.4 is 0 Å². The normalized spacial score (nSPS) is 12.5. The van der Waals surface area contributed by atoms with Gasteiger partial charge in [-0.2, -0.15) is 0 Å². The second kappa shape index (κ2) is 9.34. The summed E-state index contributed by atoms with van der Waals surface area (Å²) >= 11 is 1.43. The summed E-state index contributed by atoms with van der Waals surface area (Å²) in [6.07, 6.45) is 4.59. The molecule has 4 heteroatoms. The number of unbranched alkanes of at least 4 members (excludes halogenated alkanes) is 2. The molecule has 0 spiro atoms. The van der Waals surface area contributed by atoms with Crippen LogP contribution in [-0.4, -0.2) is 29.4 Å². The number of aliphatic hydroxyl groups is 1. The quantitative estimate of drug-likeness (QED) is 0.387. The molecule has 3 nitrogen and oxygen atoms in total. The summed E-state index contributed by atoms with van der Waals surface area (Å²) in [6.45, 7) is 2.14. The van der Waals surface area contributed by atoms with E-state index in [4.69, 9.17) is 0 Å². The lowest BCUT2D eigenvalue weighted by Gasteiger charge is -2.08. The van der Waals surface area contributed by atoms with Crippen molar-refractivity contribution in [1.29, 1.82) is 0 Å². The second-order valence-corrected chi connectivity index (χ2v) is 4.43. The van der Waals surface area contributed by atoms with Gasteiger partial charge in [-0.3, -0.25) is 4.79 Å². The lowest BCUT2D eigenvalue weighted by atomic mass is 10.2. The van der Waals surface area contributed by atoms with Gasteiger partial charge in [-0.1, -0.05) is 26.2 Å². The molecule has 1 atom stereocenters. The number of thioether (sulfide) groups is 1. The fraction of sp³-hybridized carbons (Fsp3) is 0.900. The van der Waals surface area contributed by atoms with Gasteiger partial charge >= 0.3 is 5.97 Å². The van der Waals surface area contributed by atoms with Gasteiger partial charge in [0.2, 0.25) is 0 Å². The molecule has 0 radical (unpaired) electrons. The molecule has 0 saturated carbocycles. The van der Waals surface area contributed by atoms with Crippen molar-refractivity contribution in [2.24, 2.45) is 0 Å². The minimum Gasteiger partial charge on any atom is -0.469 e. The Morgan fingerprint density at radius 1 is 1.50 bits per heavy atom. The van der Waals surface area contributed by atoms with Crippen LogP contribution in [0.5, 0.6) is 0 Å². The summed E-state index contributed by atoms with van der Waals surface area (Å²) in [6, 6.07) is 0. The molecule has 0 aromatic heterocycles. The molecular formula is C10H20O3S. The van der Waals surface area contributed by atoms with Gasteiger partial charge in [0.25, 0.3) is 0 Å². The highest BCUT2D eigenvalue weighted by molar-refractivity contribution is 7.99. The van der Waals surface area contributed by atoms with Gasteiger partial charge in [0, 0.05) is 5.75 Å². The minimum absolute atomic E-state index is 0.210. The van der Waals surface area contributed by atoms with Gasteiger partial charge in [-0.15, -0.1) is 11.8 Å². The Kier molecular flexibility index (Phi) is 9.19. The summed E-state index contributed by atoms with van der Waals surface area (Å²) in [5, 5.41) is 9.47. The molecule has 14 heavy (non-hydrogen) atoms. The van der Waals surface area contributed by atoms with E-state index in [2.05, 4.69) is 11.7 Å². The van der Waals surface area contributed by atoms with Crippen molar-refractivity contribution in [3.63, 3.8) is 0 Å². The Labute approximate surface area is 90.2 Å². The molecule has 0 bridgehead atoms. The molecule has 0 heterocycles. The van der Waals surface area contributed by atoms with E-state index >= 15 is 0 Å². The first-order valence-corrected chi connectivity index (χ1v) is 6.12. The molecule has 0 aromatic rings. The molecule has 84 valence electrons. The van der Waals surface area contributed by atoms with Crippen LogP contribution in [0.4, 0.5) is 0 Å². The van der Waals surface area contributed by atoms with Gasteiger partial charge in [-0.05, 0) is 6.42 Å². The molecule has 0 fully saturated rings. The van der Waals surface area contributed by atoms with Gasteiger partial charge in [0.1, 0.15) is 0 Å². The third kappa shape index (κ3) is 8.38. The van der Waals surface area contributed by atoms with E-state index in [0.717, 1.165) is 19.3 Å². The molecule has 0 aliphatic heterocycles. The third-order valence-electron chi connectivity index (χ3n) is 1.90. The smallest absolute Gasteiger partial charge is 0.306 e. The van der Waals surface area contributed by atoms with Crippen molar-refractivity contribution in [3.05, 3.63) is 0 Å². The van der Waals surface area contributed by atoms with Crippen LogP contribution in [0.2, 0.25) is 0 Å². The zero-order valence-electron chi connectivity index (χ0n) is 8.99. The second-order valence-electron chi connectivity index (χ2n) is 3.15. The van der Waals surface area contributed by atoms with Gasteiger partial charge in [0.15, 0.2) is 0 Å². The van der Waals surface area contributed by atoms with Crippen molar-refractivity contribution in [2.45, 2.75) is 44.5 Å². The maximum atomic E-state index is 10.7. The fourth-order valence-corrected chi connectivity index (χ4v) is 1.92. The zero-order chi connectivity index (χ0) is 10.8. The molecule has 0 saturated heterocycles. The van der Waals surface area contributed by atoms with Crippen molar-refractivity contribution in [3.8, 4) is 0 Å². The highest BCUT2D eigenvalue weighted by Crippen LogP contribution is 2.16. The van der Waals surface area contributed by atoms with Crippen molar-refractivity contribution in [2.75, 3.05) is 12.9 Å². The molecule has 1 unspecified atom stereocenters. The number of rotatable bonds is 8. The topological polar surface area (TPSA) is 46.5 Å². The number of ether oxygens (including phenoxy) is 1. The lowest BCUT2D eigenvalue weighted by molar-refractivity contribution is -0.140. The number of aliphatic hydroxyl groups excluding tert-OH is 1. The van der Waals surface area contributed by atoms with E-state index in [-0.39, 0.29) is 11.4 Å². The monoisotopic (exact) mass is 220 g/mol. The summed E-state index contributed by atoms with van der Waals surface area (Å²) in [5.74, 6) is 0.429. The number of hydrogen-bond donors (Lipinski definition) is 1. The summed E-state index contributed by atoms with van der Waals surface area (Å²) in [4.78, 5) is 10.7. The summed E-state index contributed by atoms with van der Waals surface area (Å²) < 4.78 is 4.50. The first kappa shape index (κ1) is 13.8. The van der Waals surface area contributed by atoms with Crippen molar-refractivity contribution in [1.82, 2.24) is 0 Å². The number of methoxy groups -OCH3 is 1. The highest BCUT2D eigenvalue weighted by Gasteiger charge is 2.06. The van der Waals surface area contributed by atoms with E-state index in [1.165, 1.54) is 25.3 Å². The van der Waals surface area contributed by atoms with E-state index in [0.29, 0.717) is 12.2 Å². The molecule has 0 aliphatic carbocycles. The number of carbonyl (C=O) groups is 1. The number of esters is 1. The van der Waals surface area contributed by atoms with Crippen LogP contribution in [0.25, 0.3) is 0 Å². The Morgan fingerprint density at radius 3 is 2.79 bits per heavy atom. The van der Waals surface area contributed by atoms with Crippen molar-refractivity contribution >= 4 is 17.7 Å². The molecule has 0 amide bonds. The molecular weight excluding hydrogens is 200 g/mol. The van der Waals surface area contributed by atoms with E-state index in [1.807, 2.05) is 0 Å². The van der Waals surface area contributed by atoms with Crippen LogP contribution in [0.3, 0.4) is 0 Å². The molecule has 1 N–H and O–H groups in total. The number of hydrogen-bond acceptors (Lipinski definition) is 4. The fourth-order valence-electron chi connectivity index (χ4n) is 1.03. The van der Waals surface area contributed by atoms with Crippen LogP contribution in [0.1, 0.15) is 39.0 Å². The average Bonchev–Trinajstić information content (AvgIpc) is 2.18. The van der Waals surface area contributed by atoms with Crippen molar-refractivity contribution < 1.29 is 14.6 Å². The molecule has 0 aromatic carbocycles. The lowest BCUT2D eigenvalue weighted by Crippen LogP contribution is -2.06. The van der Waals surface area contributed by atoms with Crippen LogP contribution >= 0.6 is 11.8 Å². The molecule has 0 aliphatic rings. The predicted octanol–water partition coefficient (Wildman–Crippen LogP) is 2.18. The first-order chi connectivity index (χ1) is 6.70. The maximum absolute atomic E-state index is 10.7. The zero-order valence-corrected chi connectivity index (χ0v) is 9.81. The van der Waals surface area contributed by atoms with E-state index in [9.17, 15) is 9.90 Å². The van der Waals surface area contributed by atoms with Crippen LogP contribution in [0.15, 0.2) is 0 Å². The van der Waals surface area contributed by atoms with Gasteiger partial charge in [-0.25, -0.2) is 0 Å². The standard InChI is InChI=1S/C10H20O3S/c1-3-4-5-6-10(12)14-8-7-9(11)13-2/h10,12H,3-8H2,1-2H3. The summed E-state index contributed by atoms with van der Waals surface area (Å²) in [7, 11) is 1.38. The molecule has 0 rings (SSSR count). The van der Waals surface area contributed by atoms with Crippen LogP contribution in [-0.2, 0) is 9.53 Å². The maximum Gasteiger partial charge on any atom is 0.306 e. The predicted molar refractivity (Wildman–Crippen MR) is 59.2 cm³/mol. The van der Waals surface area contributed by atoms with Gasteiger partial charge < -0.3 is 9.84 Å². The van der Waals surface area contributed by atoms with Crippen LogP contribution in [0, 0.1) is 0 Å². The summed E-state index contributed by atoms with van der Waals surface area (Å²) in [5.41, 5.74) is -0.328. The Balaban J connectivity index is 3.26. The Hall–Kier alpha value is -0.220. The van der Waals surface area contributed by atoms with E-state index in [1.54, 1.807) is 0 Å². The first-order valence-electron chi connectivity index (χ1n) is 5.07. The Morgan fingerprint density at radius 2 is 2.21 bits per heavy atom. The van der Waals surface area contributed by atoms with E-state index < -0.39 is 0 Å². The highest BCUT2D eigenvalue weighted by atomic mass is 32.2. The van der Waals surface area contributed by atoms with Gasteiger partial charge in [0.05, 0.1) is 19.0 Å². The third-order valence-corrected chi connectivity index (χ3v) is 2.96. The average molecular weight is 220 g/mol. The number of carbonyl (C=O) groups excluding carboxylic acids is 1. The SMILES string of the molecule is CCCCCC(O)SCCC(=O)OC. The Bertz CT molecular complexity index is 150. The minimum atomic E-state index is -0.328. The largest absolute Gasteiger partial charge is 0.469 e.